The Morgan fingerprint density at radius 1 is 0.706 bits per heavy atom. The monoisotopic (exact) mass is 990 g/mol. The van der Waals surface area contributed by atoms with E-state index in [1.165, 1.54) is 41.0 Å². The molecule has 15 heteroatoms. The SMILES string of the molecule is CC(O)[C@H]1CCC2=Cc3c(cnn3-c3ccc(F)cc3)C[C@]2(CO[Si](C)(C)C(C)(C)C)C1.CC(OS(C)(=O)=O)[C@H]1CCC2=Cc3c(cnn3-c3ccc(F)cc3)C[C@]2(CO[Si](C)(C)C(C)(C)C)C1. The molecule has 2 heterocycles. The molecule has 10 nitrogen and oxygen atoms in total. The highest BCUT2D eigenvalue weighted by molar-refractivity contribution is 7.86. The minimum absolute atomic E-state index is 0.0849. The quantitative estimate of drug-likeness (QED) is 0.110. The number of halogens is 2. The fraction of sp³-hybridized carbons (Fsp3) is 0.585. The van der Waals surface area contributed by atoms with Crippen LogP contribution >= 0.6 is 0 Å². The molecule has 0 bridgehead atoms. The molecular formula is C53H76F2N4O6SSi2. The Hall–Kier alpha value is -3.58. The first-order chi connectivity index (χ1) is 31.5. The summed E-state index contributed by atoms with van der Waals surface area (Å²) in [5.41, 5.74) is 8.52. The standard InChI is InChI=1S/C27H39FN2O4SSi.C26H37FN2O2Si/c1-19(34-35(5,31)32)20-8-9-22-14-25-21(17-29-30(25)24-12-10-23(28)11-13-24)16-27(22,15-20)18-33-36(6,7)26(2,3)4;1-18(30)19-7-8-21-13-24-20(16-28-29(24)23-11-9-22(27)10-12-23)15-26(21,14-19)17-31-32(5,6)25(2,3)4/h10-14,17,19-20H,8-9,15-16,18H2,1-7H3;9-13,16,18-19,30H,7-8,14-15,17H2,1-6H3/t19?,20-,27-;18?,19-,26-/m00/s1. The predicted molar refractivity (Wildman–Crippen MR) is 273 cm³/mol. The van der Waals surface area contributed by atoms with Crippen LogP contribution in [0.15, 0.2) is 72.1 Å². The van der Waals surface area contributed by atoms with Crippen molar-refractivity contribution in [3.63, 3.8) is 0 Å². The molecule has 2 aromatic carbocycles. The van der Waals surface area contributed by atoms with Crippen molar-refractivity contribution in [1.82, 2.24) is 19.6 Å². The van der Waals surface area contributed by atoms with Crippen molar-refractivity contribution in [1.29, 1.82) is 0 Å². The molecule has 372 valence electrons. The fourth-order valence-electron chi connectivity index (χ4n) is 10.1. The van der Waals surface area contributed by atoms with Gasteiger partial charge in [0.25, 0.3) is 10.1 Å². The van der Waals surface area contributed by atoms with Crippen LogP contribution in [0, 0.1) is 34.3 Å². The number of rotatable bonds is 12. The molecule has 2 saturated carbocycles. The molecule has 0 radical (unpaired) electrons. The summed E-state index contributed by atoms with van der Waals surface area (Å²) in [5, 5.41) is 20.0. The van der Waals surface area contributed by atoms with E-state index in [0.717, 1.165) is 85.9 Å². The average Bonchev–Trinajstić information content (AvgIpc) is 3.85. The van der Waals surface area contributed by atoms with Crippen molar-refractivity contribution in [3.05, 3.63) is 106 Å². The van der Waals surface area contributed by atoms with E-state index in [2.05, 4.69) is 90.1 Å². The number of hydrogen-bond acceptors (Lipinski definition) is 8. The van der Waals surface area contributed by atoms with Gasteiger partial charge in [-0.25, -0.2) is 18.1 Å². The lowest BCUT2D eigenvalue weighted by Gasteiger charge is -2.48. The van der Waals surface area contributed by atoms with Gasteiger partial charge in [0, 0.05) is 24.0 Å². The minimum atomic E-state index is -3.53. The fourth-order valence-corrected chi connectivity index (χ4v) is 13.0. The maximum absolute atomic E-state index is 13.5. The third-order valence-electron chi connectivity index (χ3n) is 16.5. The molecule has 6 atom stereocenters. The van der Waals surface area contributed by atoms with Gasteiger partial charge < -0.3 is 14.0 Å². The van der Waals surface area contributed by atoms with Gasteiger partial charge in [-0.2, -0.15) is 18.6 Å². The molecule has 4 aromatic rings. The molecule has 8 rings (SSSR count). The number of hydrogen-bond donors (Lipinski definition) is 1. The van der Waals surface area contributed by atoms with Crippen molar-refractivity contribution < 1.29 is 35.3 Å². The first-order valence-electron chi connectivity index (χ1n) is 24.4. The van der Waals surface area contributed by atoms with Crippen LogP contribution in [0.1, 0.15) is 116 Å². The van der Waals surface area contributed by atoms with Crippen LogP contribution < -0.4 is 0 Å². The molecule has 0 amide bonds. The normalized spacial score (nSPS) is 24.0. The van der Waals surface area contributed by atoms with Gasteiger partial charge in [-0.15, -0.1) is 0 Å². The highest BCUT2D eigenvalue weighted by Gasteiger charge is 2.49. The molecule has 0 spiro atoms. The van der Waals surface area contributed by atoms with Crippen LogP contribution in [0.4, 0.5) is 8.78 Å². The molecular weight excluding hydrogens is 915 g/mol. The summed E-state index contributed by atoms with van der Waals surface area (Å²) in [7, 11) is -7.46. The number of aliphatic hydroxyl groups excluding tert-OH is 1. The van der Waals surface area contributed by atoms with Crippen molar-refractivity contribution in [2.24, 2.45) is 22.7 Å². The summed E-state index contributed by atoms with van der Waals surface area (Å²) in [5.74, 6) is -0.132. The van der Waals surface area contributed by atoms with Crippen LogP contribution in [-0.4, -0.2) is 81.4 Å². The molecule has 0 saturated heterocycles. The molecule has 2 unspecified atom stereocenters. The second-order valence-corrected chi connectivity index (χ2v) is 34.7. The molecule has 0 aliphatic heterocycles. The Morgan fingerprint density at radius 2 is 1.09 bits per heavy atom. The van der Waals surface area contributed by atoms with Crippen LogP contribution in [0.5, 0.6) is 0 Å². The molecule has 1 N–H and O–H groups in total. The van der Waals surface area contributed by atoms with Crippen molar-refractivity contribution in [2.45, 2.75) is 155 Å². The van der Waals surface area contributed by atoms with E-state index in [4.69, 9.17) is 13.0 Å². The van der Waals surface area contributed by atoms with E-state index < -0.39 is 32.9 Å². The number of benzene rings is 2. The zero-order valence-corrected chi connectivity index (χ0v) is 45.6. The van der Waals surface area contributed by atoms with Crippen molar-refractivity contribution in [2.75, 3.05) is 19.5 Å². The van der Waals surface area contributed by atoms with E-state index in [0.29, 0.717) is 13.2 Å². The van der Waals surface area contributed by atoms with Crippen LogP contribution in [0.25, 0.3) is 23.5 Å². The second kappa shape index (κ2) is 19.2. The van der Waals surface area contributed by atoms with Crippen LogP contribution in [0.2, 0.25) is 36.3 Å². The number of fused-ring (bicyclic) bond motifs is 4. The predicted octanol–water partition coefficient (Wildman–Crippen LogP) is 12.3. The average molecular weight is 991 g/mol. The molecule has 2 fully saturated rings. The van der Waals surface area contributed by atoms with Gasteiger partial charge >= 0.3 is 0 Å². The lowest BCUT2D eigenvalue weighted by atomic mass is 9.61. The Bertz CT molecular complexity index is 2610. The summed E-state index contributed by atoms with van der Waals surface area (Å²) in [4.78, 5) is 0. The summed E-state index contributed by atoms with van der Waals surface area (Å²) in [6.45, 7) is 27.8. The van der Waals surface area contributed by atoms with Crippen LogP contribution in [0.3, 0.4) is 0 Å². The molecule has 68 heavy (non-hydrogen) atoms. The van der Waals surface area contributed by atoms with Gasteiger partial charge in [-0.1, -0.05) is 52.7 Å². The molecule has 2 aromatic heterocycles. The van der Waals surface area contributed by atoms with E-state index in [9.17, 15) is 22.3 Å². The number of nitrogens with zero attached hydrogens (tertiary/aromatic N) is 4. The smallest absolute Gasteiger partial charge is 0.264 e. The van der Waals surface area contributed by atoms with E-state index in [1.54, 1.807) is 24.3 Å². The largest absolute Gasteiger partial charge is 0.416 e. The van der Waals surface area contributed by atoms with E-state index in [1.807, 2.05) is 35.6 Å². The Balaban J connectivity index is 0.000000203. The summed E-state index contributed by atoms with van der Waals surface area (Å²) < 4.78 is 73.5. The molecule has 4 aliphatic rings. The summed E-state index contributed by atoms with van der Waals surface area (Å²) in [6.07, 6.45) is 15.8. The summed E-state index contributed by atoms with van der Waals surface area (Å²) in [6, 6.07) is 12.9. The second-order valence-electron chi connectivity index (χ2n) is 23.5. The van der Waals surface area contributed by atoms with Crippen molar-refractivity contribution in [3.8, 4) is 11.4 Å². The van der Waals surface area contributed by atoms with Gasteiger partial charge in [0.2, 0.25) is 0 Å². The Kier molecular flexibility index (Phi) is 14.8. The Morgan fingerprint density at radius 3 is 1.46 bits per heavy atom. The van der Waals surface area contributed by atoms with Gasteiger partial charge in [0.1, 0.15) is 11.6 Å². The number of aromatic nitrogens is 4. The third-order valence-corrected chi connectivity index (χ3v) is 26.1. The van der Waals surface area contributed by atoms with Gasteiger partial charge in [-0.05, 0) is 185 Å². The first kappa shape index (κ1) is 52.3. The highest BCUT2D eigenvalue weighted by atomic mass is 32.2. The highest BCUT2D eigenvalue weighted by Crippen LogP contribution is 2.54. The molecule has 4 aliphatic carbocycles. The first-order valence-corrected chi connectivity index (χ1v) is 32.1. The van der Waals surface area contributed by atoms with Crippen LogP contribution in [-0.2, 0) is 36.0 Å². The lowest BCUT2D eigenvalue weighted by Crippen LogP contribution is -2.48. The maximum Gasteiger partial charge on any atom is 0.264 e. The topological polar surface area (TPSA) is 118 Å². The minimum Gasteiger partial charge on any atom is -0.416 e. The summed E-state index contributed by atoms with van der Waals surface area (Å²) >= 11 is 0. The van der Waals surface area contributed by atoms with Gasteiger partial charge in [0.15, 0.2) is 16.6 Å². The van der Waals surface area contributed by atoms with Gasteiger partial charge in [-0.3, -0.25) is 4.18 Å². The Labute approximate surface area is 407 Å². The van der Waals surface area contributed by atoms with E-state index >= 15 is 0 Å². The number of aliphatic hydroxyl groups is 1. The van der Waals surface area contributed by atoms with Crippen molar-refractivity contribution >= 4 is 38.9 Å². The third kappa shape index (κ3) is 11.1. The van der Waals surface area contributed by atoms with Gasteiger partial charge in [0.05, 0.1) is 53.6 Å². The lowest BCUT2D eigenvalue weighted by molar-refractivity contribution is 0.0450. The maximum atomic E-state index is 13.5. The zero-order chi connectivity index (χ0) is 49.8. The zero-order valence-electron chi connectivity index (χ0n) is 42.8. The van der Waals surface area contributed by atoms with E-state index in [-0.39, 0.29) is 50.5 Å².